The molecule has 0 fully saturated rings. The normalized spacial score (nSPS) is 11.0. The average Bonchev–Trinajstić information content (AvgIpc) is 2.11. The highest BCUT2D eigenvalue weighted by Crippen LogP contribution is 2.22. The lowest BCUT2D eigenvalue weighted by Crippen LogP contribution is -2.07. The molecule has 2 N–H and O–H groups in total. The van der Waals surface area contributed by atoms with Gasteiger partial charge >= 0.3 is 0 Å². The van der Waals surface area contributed by atoms with Gasteiger partial charge in [-0.2, -0.15) is 5.26 Å². The maximum atomic E-state index is 13.2. The molecule has 0 radical (unpaired) electrons. The van der Waals surface area contributed by atoms with Crippen LogP contribution in [0, 0.1) is 17.1 Å². The van der Waals surface area contributed by atoms with E-state index in [-0.39, 0.29) is 16.8 Å². The van der Waals surface area contributed by atoms with Crippen molar-refractivity contribution < 1.29 is 12.8 Å². The Balaban J connectivity index is 3.35. The van der Waals surface area contributed by atoms with Crippen LogP contribution in [-0.4, -0.2) is 14.7 Å². The molecule has 0 atom stereocenters. The Morgan fingerprint density at radius 3 is 2.60 bits per heavy atom. The first-order chi connectivity index (χ1) is 6.85. The van der Waals surface area contributed by atoms with E-state index >= 15 is 0 Å². The van der Waals surface area contributed by atoms with E-state index in [1.807, 2.05) is 0 Å². The molecule has 0 aromatic heterocycles. The van der Waals surface area contributed by atoms with Crippen LogP contribution in [0.2, 0.25) is 0 Å². The number of benzene rings is 1. The van der Waals surface area contributed by atoms with E-state index in [0.717, 1.165) is 12.3 Å². The highest BCUT2D eigenvalue weighted by atomic mass is 32.2. The lowest BCUT2D eigenvalue weighted by Gasteiger charge is -2.06. The topological polar surface area (TPSA) is 84.0 Å². The molecule has 15 heavy (non-hydrogen) atoms. The fourth-order valence-electron chi connectivity index (χ4n) is 1.14. The summed E-state index contributed by atoms with van der Waals surface area (Å²) in [7, 11) is -3.38. The van der Waals surface area contributed by atoms with Gasteiger partial charge in [-0.05, 0) is 12.1 Å². The Labute approximate surface area is 87.0 Å². The van der Waals surface area contributed by atoms with E-state index in [1.165, 1.54) is 6.07 Å². The van der Waals surface area contributed by atoms with E-state index in [4.69, 9.17) is 11.0 Å². The highest BCUT2D eigenvalue weighted by molar-refractivity contribution is 7.89. The summed E-state index contributed by atoms with van der Waals surface area (Å²) in [6.07, 6.45) is 0.977. The van der Waals surface area contributed by atoms with Crippen molar-refractivity contribution in [1.29, 1.82) is 5.26 Å². The van der Waals surface area contributed by atoms with Crippen molar-refractivity contribution in [3.8, 4) is 6.07 Å². The molecule has 1 aromatic rings. The minimum atomic E-state index is -3.38. The second-order valence-electron chi connectivity index (χ2n) is 3.17. The van der Waals surface area contributed by atoms with Gasteiger partial charge in [-0.1, -0.05) is 0 Å². The lowest BCUT2D eigenvalue weighted by atomic mass is 10.1. The zero-order valence-electron chi connectivity index (χ0n) is 7.99. The van der Waals surface area contributed by atoms with Gasteiger partial charge in [0.2, 0.25) is 0 Å². The van der Waals surface area contributed by atoms with Gasteiger partial charge in [0.25, 0.3) is 0 Å². The monoisotopic (exact) mass is 228 g/mol. The summed E-state index contributed by atoms with van der Waals surface area (Å²) in [5.41, 5.74) is 5.30. The van der Waals surface area contributed by atoms with Crippen molar-refractivity contribution in [1.82, 2.24) is 0 Å². The molecule has 0 heterocycles. The molecule has 0 aliphatic carbocycles. The van der Waals surface area contributed by atoms with Crippen molar-refractivity contribution in [2.24, 2.45) is 0 Å². The second-order valence-corrected chi connectivity index (χ2v) is 5.31. The number of rotatable bonds is 2. The van der Waals surface area contributed by atoms with E-state index < -0.39 is 21.4 Å². The summed E-state index contributed by atoms with van der Waals surface area (Å²) in [6, 6.07) is 4.02. The van der Waals surface area contributed by atoms with Crippen LogP contribution in [0.3, 0.4) is 0 Å². The summed E-state index contributed by atoms with van der Waals surface area (Å²) in [5.74, 6) is -1.21. The largest absolute Gasteiger partial charge is 0.397 e. The van der Waals surface area contributed by atoms with E-state index in [2.05, 4.69) is 0 Å². The lowest BCUT2D eigenvalue weighted by molar-refractivity contribution is 0.592. The molecule has 0 saturated heterocycles. The summed E-state index contributed by atoms with van der Waals surface area (Å²) >= 11 is 0. The van der Waals surface area contributed by atoms with Crippen molar-refractivity contribution in [2.45, 2.75) is 5.75 Å². The zero-order valence-corrected chi connectivity index (χ0v) is 8.81. The van der Waals surface area contributed by atoms with Crippen LogP contribution in [0.4, 0.5) is 10.1 Å². The molecule has 0 saturated carbocycles. The number of hydrogen-bond donors (Lipinski definition) is 1. The number of nitrogen functional groups attached to an aromatic ring is 1. The van der Waals surface area contributed by atoms with Crippen LogP contribution in [0.15, 0.2) is 12.1 Å². The molecule has 0 amide bonds. The fraction of sp³-hybridized carbons (Fsp3) is 0.222. The van der Waals surface area contributed by atoms with Gasteiger partial charge < -0.3 is 5.73 Å². The Kier molecular flexibility index (Phi) is 2.95. The van der Waals surface area contributed by atoms with Crippen molar-refractivity contribution in [3.05, 3.63) is 29.1 Å². The maximum Gasteiger partial charge on any atom is 0.151 e. The number of sulfone groups is 1. The number of anilines is 1. The SMILES string of the molecule is CS(=O)(=O)Cc1c(F)ccc(C#N)c1N. The van der Waals surface area contributed by atoms with Crippen LogP contribution < -0.4 is 5.73 Å². The van der Waals surface area contributed by atoms with E-state index in [0.29, 0.717) is 0 Å². The van der Waals surface area contributed by atoms with Gasteiger partial charge in [0.15, 0.2) is 9.84 Å². The van der Waals surface area contributed by atoms with Crippen LogP contribution in [0.25, 0.3) is 0 Å². The van der Waals surface area contributed by atoms with Crippen LogP contribution in [0.5, 0.6) is 0 Å². The molecular formula is C9H9FN2O2S. The van der Waals surface area contributed by atoms with Gasteiger partial charge in [-0.15, -0.1) is 0 Å². The number of halogens is 1. The van der Waals surface area contributed by atoms with Crippen LogP contribution in [0.1, 0.15) is 11.1 Å². The minimum absolute atomic E-state index is 0.0788. The zero-order chi connectivity index (χ0) is 11.6. The van der Waals surface area contributed by atoms with Gasteiger partial charge in [0.05, 0.1) is 17.0 Å². The predicted molar refractivity (Wildman–Crippen MR) is 54.1 cm³/mol. The van der Waals surface area contributed by atoms with Gasteiger partial charge in [0.1, 0.15) is 11.9 Å². The summed E-state index contributed by atoms with van der Waals surface area (Å²) < 4.78 is 35.2. The van der Waals surface area contributed by atoms with Gasteiger partial charge in [-0.25, -0.2) is 12.8 Å². The summed E-state index contributed by atoms with van der Waals surface area (Å²) in [4.78, 5) is 0. The Hall–Kier alpha value is -1.61. The molecule has 0 bridgehead atoms. The molecule has 1 rings (SSSR count). The molecule has 0 aliphatic heterocycles. The Bertz CT molecular complexity index is 532. The van der Waals surface area contributed by atoms with Crippen molar-refractivity contribution in [2.75, 3.05) is 12.0 Å². The first-order valence-electron chi connectivity index (χ1n) is 4.00. The molecule has 1 aromatic carbocycles. The molecule has 80 valence electrons. The third-order valence-corrected chi connectivity index (χ3v) is 2.64. The Morgan fingerprint density at radius 2 is 2.13 bits per heavy atom. The van der Waals surface area contributed by atoms with Crippen LogP contribution >= 0.6 is 0 Å². The molecule has 0 aliphatic rings. The quantitative estimate of drug-likeness (QED) is 0.759. The maximum absolute atomic E-state index is 13.2. The van der Waals surface area contributed by atoms with E-state index in [1.54, 1.807) is 6.07 Å². The first kappa shape index (κ1) is 11.5. The summed E-state index contributed by atoms with van der Waals surface area (Å²) in [5, 5.41) is 8.63. The average molecular weight is 228 g/mol. The fourth-order valence-corrected chi connectivity index (χ4v) is 1.96. The number of hydrogen-bond acceptors (Lipinski definition) is 4. The highest BCUT2D eigenvalue weighted by Gasteiger charge is 2.15. The van der Waals surface area contributed by atoms with Crippen LogP contribution in [-0.2, 0) is 15.6 Å². The minimum Gasteiger partial charge on any atom is -0.397 e. The molecule has 6 heteroatoms. The smallest absolute Gasteiger partial charge is 0.151 e. The standard InChI is InChI=1S/C9H9FN2O2S/c1-15(13,14)5-7-8(10)3-2-6(4-11)9(7)12/h2-3H,5,12H2,1H3. The molecule has 0 unspecified atom stereocenters. The second kappa shape index (κ2) is 3.87. The number of nitrogens with two attached hydrogens (primary N) is 1. The Morgan fingerprint density at radius 1 is 1.53 bits per heavy atom. The first-order valence-corrected chi connectivity index (χ1v) is 6.06. The number of nitriles is 1. The molecule has 4 nitrogen and oxygen atoms in total. The predicted octanol–water partition coefficient (Wildman–Crippen LogP) is 0.824. The third-order valence-electron chi connectivity index (χ3n) is 1.83. The van der Waals surface area contributed by atoms with Gasteiger partial charge in [-0.3, -0.25) is 0 Å². The molecule has 0 spiro atoms. The summed E-state index contributed by atoms with van der Waals surface area (Å²) in [6.45, 7) is 0. The third kappa shape index (κ3) is 2.67. The van der Waals surface area contributed by atoms with Crippen molar-refractivity contribution >= 4 is 15.5 Å². The van der Waals surface area contributed by atoms with Gasteiger partial charge in [0, 0.05) is 11.8 Å². The van der Waals surface area contributed by atoms with E-state index in [9.17, 15) is 12.8 Å². The molecular weight excluding hydrogens is 219 g/mol. The number of nitrogens with zero attached hydrogens (tertiary/aromatic N) is 1. The van der Waals surface area contributed by atoms with Crippen molar-refractivity contribution in [3.63, 3.8) is 0 Å².